The predicted molar refractivity (Wildman–Crippen MR) is 72.7 cm³/mol. The van der Waals surface area contributed by atoms with Crippen molar-refractivity contribution in [1.29, 1.82) is 0 Å². The molecule has 2 aromatic rings. The number of anilines is 1. The largest absolute Gasteiger partial charge is 0.399 e. The van der Waals surface area contributed by atoms with E-state index in [0.29, 0.717) is 17.8 Å². The third-order valence-corrected chi connectivity index (χ3v) is 2.97. The number of benzene rings is 1. The Morgan fingerprint density at radius 2 is 2.05 bits per heavy atom. The van der Waals surface area contributed by atoms with Crippen molar-refractivity contribution >= 4 is 11.6 Å². The summed E-state index contributed by atoms with van der Waals surface area (Å²) in [5, 5.41) is 6.69. The zero-order chi connectivity index (χ0) is 14.0. The van der Waals surface area contributed by atoms with E-state index in [2.05, 4.69) is 10.5 Å². The SMILES string of the molecule is Cc1cc(N)cc(C(=O)NCc2c(C)noc2C)c1. The molecular formula is C14H17N3O2. The van der Waals surface area contributed by atoms with Crippen LogP contribution in [0.15, 0.2) is 22.7 Å². The van der Waals surface area contributed by atoms with E-state index >= 15 is 0 Å². The van der Waals surface area contributed by atoms with Crippen molar-refractivity contribution in [3.8, 4) is 0 Å². The second kappa shape index (κ2) is 5.14. The normalized spacial score (nSPS) is 10.5. The molecule has 0 atom stereocenters. The van der Waals surface area contributed by atoms with E-state index in [1.165, 1.54) is 0 Å². The maximum atomic E-state index is 12.0. The van der Waals surface area contributed by atoms with Crippen LogP contribution < -0.4 is 11.1 Å². The van der Waals surface area contributed by atoms with Crippen LogP contribution >= 0.6 is 0 Å². The van der Waals surface area contributed by atoms with Gasteiger partial charge in [0.2, 0.25) is 0 Å². The quantitative estimate of drug-likeness (QED) is 0.827. The maximum absolute atomic E-state index is 12.0. The highest BCUT2D eigenvalue weighted by Gasteiger charge is 2.11. The lowest BCUT2D eigenvalue weighted by Crippen LogP contribution is -2.23. The Hall–Kier alpha value is -2.30. The lowest BCUT2D eigenvalue weighted by atomic mass is 10.1. The van der Waals surface area contributed by atoms with Gasteiger partial charge in [-0.3, -0.25) is 4.79 Å². The van der Waals surface area contributed by atoms with Gasteiger partial charge in [0.1, 0.15) is 5.76 Å². The molecule has 100 valence electrons. The molecule has 1 aromatic carbocycles. The monoisotopic (exact) mass is 259 g/mol. The third-order valence-electron chi connectivity index (χ3n) is 2.97. The molecule has 0 fully saturated rings. The van der Waals surface area contributed by atoms with Crippen LogP contribution in [0, 0.1) is 20.8 Å². The Balaban J connectivity index is 2.09. The smallest absolute Gasteiger partial charge is 0.251 e. The minimum atomic E-state index is -0.157. The summed E-state index contributed by atoms with van der Waals surface area (Å²) in [5.74, 6) is 0.567. The molecule has 0 saturated heterocycles. The number of amides is 1. The van der Waals surface area contributed by atoms with Gasteiger partial charge in [-0.2, -0.15) is 0 Å². The second-order valence-electron chi connectivity index (χ2n) is 4.62. The molecule has 0 aliphatic heterocycles. The van der Waals surface area contributed by atoms with Crippen LogP contribution in [-0.4, -0.2) is 11.1 Å². The van der Waals surface area contributed by atoms with Gasteiger partial charge >= 0.3 is 0 Å². The van der Waals surface area contributed by atoms with Gasteiger partial charge in [-0.25, -0.2) is 0 Å². The van der Waals surface area contributed by atoms with Gasteiger partial charge in [0.25, 0.3) is 5.91 Å². The summed E-state index contributed by atoms with van der Waals surface area (Å²) in [6, 6.07) is 5.29. The van der Waals surface area contributed by atoms with Crippen LogP contribution in [0.4, 0.5) is 5.69 Å². The molecule has 19 heavy (non-hydrogen) atoms. The first-order valence-electron chi connectivity index (χ1n) is 6.04. The fourth-order valence-corrected chi connectivity index (χ4v) is 1.97. The minimum absolute atomic E-state index is 0.157. The topological polar surface area (TPSA) is 81.2 Å². The molecule has 2 rings (SSSR count). The number of nitrogen functional groups attached to an aromatic ring is 1. The van der Waals surface area contributed by atoms with Gasteiger partial charge in [0, 0.05) is 23.4 Å². The van der Waals surface area contributed by atoms with Gasteiger partial charge < -0.3 is 15.6 Å². The molecular weight excluding hydrogens is 242 g/mol. The number of carbonyl (C=O) groups excluding carboxylic acids is 1. The molecule has 0 spiro atoms. The van der Waals surface area contributed by atoms with Crippen LogP contribution in [0.1, 0.15) is 32.9 Å². The highest BCUT2D eigenvalue weighted by molar-refractivity contribution is 5.95. The first kappa shape index (κ1) is 13.1. The number of aryl methyl sites for hydroxylation is 3. The van der Waals surface area contributed by atoms with Crippen LogP contribution in [-0.2, 0) is 6.54 Å². The number of rotatable bonds is 3. The molecule has 1 heterocycles. The fraction of sp³-hybridized carbons (Fsp3) is 0.286. The number of aromatic nitrogens is 1. The number of carbonyl (C=O) groups is 1. The van der Waals surface area contributed by atoms with Crippen molar-refractivity contribution in [3.63, 3.8) is 0 Å². The van der Waals surface area contributed by atoms with E-state index in [9.17, 15) is 4.79 Å². The molecule has 0 aliphatic carbocycles. The maximum Gasteiger partial charge on any atom is 0.251 e. The molecule has 1 amide bonds. The molecule has 5 heteroatoms. The Kier molecular flexibility index (Phi) is 3.55. The van der Waals surface area contributed by atoms with Crippen LogP contribution in [0.2, 0.25) is 0 Å². The van der Waals surface area contributed by atoms with Crippen LogP contribution in [0.25, 0.3) is 0 Å². The molecule has 0 bridgehead atoms. The van der Waals surface area contributed by atoms with E-state index in [-0.39, 0.29) is 5.91 Å². The number of hydrogen-bond donors (Lipinski definition) is 2. The lowest BCUT2D eigenvalue weighted by Gasteiger charge is -2.06. The Morgan fingerprint density at radius 3 is 2.63 bits per heavy atom. The molecule has 0 saturated carbocycles. The van der Waals surface area contributed by atoms with Crippen molar-refractivity contribution in [2.24, 2.45) is 0 Å². The van der Waals surface area contributed by atoms with E-state index in [4.69, 9.17) is 10.3 Å². The number of nitrogens with zero attached hydrogens (tertiary/aromatic N) is 1. The highest BCUT2D eigenvalue weighted by atomic mass is 16.5. The third kappa shape index (κ3) is 2.93. The van der Waals surface area contributed by atoms with Crippen molar-refractivity contribution in [2.45, 2.75) is 27.3 Å². The minimum Gasteiger partial charge on any atom is -0.399 e. The van der Waals surface area contributed by atoms with Gasteiger partial charge in [0.05, 0.1) is 5.69 Å². The lowest BCUT2D eigenvalue weighted by molar-refractivity contribution is 0.0950. The zero-order valence-corrected chi connectivity index (χ0v) is 11.3. The standard InChI is InChI=1S/C14H17N3O2/c1-8-4-11(6-12(15)5-8)14(18)16-7-13-9(2)17-19-10(13)3/h4-6H,7,15H2,1-3H3,(H,16,18). The molecule has 1 aromatic heterocycles. The van der Waals surface area contributed by atoms with E-state index in [0.717, 1.165) is 22.6 Å². The van der Waals surface area contributed by atoms with Gasteiger partial charge in [-0.1, -0.05) is 5.16 Å². The second-order valence-corrected chi connectivity index (χ2v) is 4.62. The van der Waals surface area contributed by atoms with E-state index in [1.807, 2.05) is 26.8 Å². The van der Waals surface area contributed by atoms with Crippen molar-refractivity contribution in [3.05, 3.63) is 46.3 Å². The highest BCUT2D eigenvalue weighted by Crippen LogP contribution is 2.13. The Labute approximate surface area is 111 Å². The predicted octanol–water partition coefficient (Wildman–Crippen LogP) is 2.11. The molecule has 0 radical (unpaired) electrons. The van der Waals surface area contributed by atoms with Crippen LogP contribution in [0.3, 0.4) is 0 Å². The summed E-state index contributed by atoms with van der Waals surface area (Å²) >= 11 is 0. The average molecular weight is 259 g/mol. The van der Waals surface area contributed by atoms with Crippen molar-refractivity contribution in [2.75, 3.05) is 5.73 Å². The molecule has 3 N–H and O–H groups in total. The fourth-order valence-electron chi connectivity index (χ4n) is 1.97. The summed E-state index contributed by atoms with van der Waals surface area (Å²) in [5.41, 5.74) is 9.54. The van der Waals surface area contributed by atoms with Gasteiger partial charge in [-0.05, 0) is 44.5 Å². The summed E-state index contributed by atoms with van der Waals surface area (Å²) in [6.45, 7) is 5.98. The first-order chi connectivity index (χ1) is 8.97. The van der Waals surface area contributed by atoms with E-state index in [1.54, 1.807) is 12.1 Å². The van der Waals surface area contributed by atoms with Gasteiger partial charge in [0.15, 0.2) is 0 Å². The summed E-state index contributed by atoms with van der Waals surface area (Å²) < 4.78 is 5.05. The Bertz CT molecular complexity index is 577. The average Bonchev–Trinajstić information content (AvgIpc) is 2.65. The summed E-state index contributed by atoms with van der Waals surface area (Å²) in [6.07, 6.45) is 0. The number of nitrogens with one attached hydrogen (secondary N) is 1. The van der Waals surface area contributed by atoms with Gasteiger partial charge in [-0.15, -0.1) is 0 Å². The zero-order valence-electron chi connectivity index (χ0n) is 11.3. The van der Waals surface area contributed by atoms with Crippen molar-refractivity contribution in [1.82, 2.24) is 10.5 Å². The van der Waals surface area contributed by atoms with E-state index < -0.39 is 0 Å². The first-order valence-corrected chi connectivity index (χ1v) is 6.04. The Morgan fingerprint density at radius 1 is 1.32 bits per heavy atom. The van der Waals surface area contributed by atoms with Crippen LogP contribution in [0.5, 0.6) is 0 Å². The molecule has 0 aliphatic rings. The summed E-state index contributed by atoms with van der Waals surface area (Å²) in [7, 11) is 0. The van der Waals surface area contributed by atoms with Crippen molar-refractivity contribution < 1.29 is 9.32 Å². The summed E-state index contributed by atoms with van der Waals surface area (Å²) in [4.78, 5) is 12.0. The molecule has 5 nitrogen and oxygen atoms in total. The number of nitrogens with two attached hydrogens (primary N) is 1. The molecule has 0 unspecified atom stereocenters. The number of hydrogen-bond acceptors (Lipinski definition) is 4.